The molecular weight excluding hydrogens is 1080 g/mol. The topological polar surface area (TPSA) is 87.2 Å². The number of rotatable bonds is 8. The van der Waals surface area contributed by atoms with E-state index in [0.717, 1.165) is 77.9 Å². The lowest BCUT2D eigenvalue weighted by Gasteiger charge is -2.28. The summed E-state index contributed by atoms with van der Waals surface area (Å²) in [4.78, 5) is 32.5. The predicted molar refractivity (Wildman–Crippen MR) is 356 cm³/mol. The summed E-state index contributed by atoms with van der Waals surface area (Å²) in [6.07, 6.45) is 0. The summed E-state index contributed by atoms with van der Waals surface area (Å²) in [7, 11) is -3.52. The fourth-order valence-corrected chi connectivity index (χ4v) is 20.0. The van der Waals surface area contributed by atoms with Gasteiger partial charge >= 0.3 is 0 Å². The van der Waals surface area contributed by atoms with Crippen LogP contribution >= 0.6 is 0 Å². The van der Waals surface area contributed by atoms with Gasteiger partial charge in [-0.3, -0.25) is 0 Å². The number of hydrogen-bond acceptors (Lipinski definition) is 6. The van der Waals surface area contributed by atoms with Gasteiger partial charge in [-0.05, 0) is 68.3 Å². The van der Waals surface area contributed by atoms with Gasteiger partial charge in [-0.2, -0.15) is 0 Å². The maximum Gasteiger partial charge on any atom is 0.182 e. The Labute approximate surface area is 501 Å². The standard InChI is InChI=1S/C78H48N8Si/c1-5-25-49(26-6-1)73-79-74(50-27-7-2-8-28-50)82-77(81-73)57-37-21-45-65-69(57)70-58(78-83-75(51-29-9-3-10-30-51)80-76(84-78)52-31-11-4-12-32-52)38-22-46-66(70)87(65)67-47-23-43-63(85-59-39-17-13-33-53(59)54-34-14-18-40-60(54)85)71(67)72-64(44-24-48-68(72)87)86-61-41-19-15-35-55(61)56-36-16-20-42-62(56)86/h1-48H. The molecule has 0 radical (unpaired) electrons. The van der Waals surface area contributed by atoms with Crippen molar-refractivity contribution in [3.05, 3.63) is 291 Å². The van der Waals surface area contributed by atoms with Gasteiger partial charge in [0.1, 0.15) is 0 Å². The zero-order chi connectivity index (χ0) is 57.2. The van der Waals surface area contributed by atoms with Crippen molar-refractivity contribution >= 4 is 72.4 Å². The molecule has 0 saturated carbocycles. The first kappa shape index (κ1) is 49.0. The zero-order valence-electron chi connectivity index (χ0n) is 46.8. The molecular formula is C78H48N8Si. The van der Waals surface area contributed by atoms with Gasteiger partial charge in [0.25, 0.3) is 0 Å². The van der Waals surface area contributed by atoms with Crippen LogP contribution in [0.5, 0.6) is 0 Å². The van der Waals surface area contributed by atoms with Crippen molar-refractivity contribution in [2.75, 3.05) is 0 Å². The van der Waals surface area contributed by atoms with E-state index in [4.69, 9.17) is 29.9 Å². The van der Waals surface area contributed by atoms with Crippen LogP contribution in [0.2, 0.25) is 0 Å². The lowest BCUT2D eigenvalue weighted by Crippen LogP contribution is -2.70. The average Bonchev–Trinajstić information content (AvgIpc) is 1.56. The highest BCUT2D eigenvalue weighted by molar-refractivity contribution is 7.24. The molecule has 0 aliphatic carbocycles. The molecule has 12 aromatic carbocycles. The highest BCUT2D eigenvalue weighted by Crippen LogP contribution is 2.48. The van der Waals surface area contributed by atoms with Crippen molar-refractivity contribution in [3.63, 3.8) is 0 Å². The molecule has 2 aliphatic heterocycles. The zero-order valence-corrected chi connectivity index (χ0v) is 47.8. The quantitative estimate of drug-likeness (QED) is 0.141. The van der Waals surface area contributed by atoms with Crippen LogP contribution in [0.4, 0.5) is 0 Å². The smallest absolute Gasteiger partial charge is 0.182 e. The van der Waals surface area contributed by atoms with E-state index in [1.807, 2.05) is 72.8 Å². The molecule has 404 valence electrons. The summed E-state index contributed by atoms with van der Waals surface area (Å²) >= 11 is 0. The summed E-state index contributed by atoms with van der Waals surface area (Å²) in [5, 5.41) is 9.92. The molecule has 0 fully saturated rings. The third-order valence-corrected chi connectivity index (χ3v) is 22.8. The third kappa shape index (κ3) is 7.24. The Morgan fingerprint density at radius 1 is 0.207 bits per heavy atom. The minimum atomic E-state index is -3.52. The van der Waals surface area contributed by atoms with Crippen LogP contribution in [0.1, 0.15) is 0 Å². The molecule has 0 saturated heterocycles. The van der Waals surface area contributed by atoms with E-state index >= 15 is 0 Å². The predicted octanol–water partition coefficient (Wildman–Crippen LogP) is 15.6. The second-order valence-electron chi connectivity index (χ2n) is 22.4. The van der Waals surface area contributed by atoms with E-state index < -0.39 is 8.07 Å². The van der Waals surface area contributed by atoms with E-state index in [1.54, 1.807) is 0 Å². The van der Waals surface area contributed by atoms with Crippen LogP contribution in [-0.2, 0) is 0 Å². The van der Waals surface area contributed by atoms with E-state index in [0.29, 0.717) is 34.9 Å². The minimum absolute atomic E-state index is 0.577. The van der Waals surface area contributed by atoms with Gasteiger partial charge in [0.2, 0.25) is 0 Å². The Morgan fingerprint density at radius 2 is 0.460 bits per heavy atom. The lowest BCUT2D eigenvalue weighted by molar-refractivity contribution is 1.07. The van der Waals surface area contributed by atoms with Crippen LogP contribution in [-0.4, -0.2) is 47.1 Å². The Balaban J connectivity index is 1.01. The number of fused-ring (bicyclic) bond motifs is 16. The fourth-order valence-electron chi connectivity index (χ4n) is 14.3. The molecule has 8 nitrogen and oxygen atoms in total. The summed E-state index contributed by atoms with van der Waals surface area (Å²) in [6.45, 7) is 0. The molecule has 0 amide bonds. The highest BCUT2D eigenvalue weighted by atomic mass is 28.3. The lowest BCUT2D eigenvalue weighted by atomic mass is 9.94. The second kappa shape index (κ2) is 19.3. The molecule has 6 heterocycles. The number of benzene rings is 12. The van der Waals surface area contributed by atoms with Gasteiger partial charge in [0.15, 0.2) is 43.0 Å². The number of nitrogens with zero attached hydrogens (tertiary/aromatic N) is 8. The molecule has 0 unspecified atom stereocenters. The molecule has 0 N–H and O–H groups in total. The average molecular weight is 1130 g/mol. The molecule has 9 heteroatoms. The Bertz CT molecular complexity index is 4900. The molecule has 18 rings (SSSR count). The summed E-state index contributed by atoms with van der Waals surface area (Å²) < 4.78 is 5.05. The van der Waals surface area contributed by atoms with Gasteiger partial charge in [-0.1, -0.05) is 255 Å². The largest absolute Gasteiger partial charge is 0.309 e. The molecule has 87 heavy (non-hydrogen) atoms. The molecule has 2 aliphatic rings. The minimum Gasteiger partial charge on any atom is -0.309 e. The Morgan fingerprint density at radius 3 is 0.770 bits per heavy atom. The van der Waals surface area contributed by atoms with E-state index in [1.165, 1.54) is 53.4 Å². The van der Waals surface area contributed by atoms with Gasteiger partial charge in [0.05, 0.1) is 33.4 Å². The van der Waals surface area contributed by atoms with E-state index in [2.05, 4.69) is 228 Å². The maximum atomic E-state index is 5.52. The third-order valence-electron chi connectivity index (χ3n) is 17.9. The molecule has 0 bridgehead atoms. The van der Waals surface area contributed by atoms with Gasteiger partial charge in [-0.15, -0.1) is 0 Å². The first-order valence-corrected chi connectivity index (χ1v) is 31.5. The van der Waals surface area contributed by atoms with E-state index in [-0.39, 0.29) is 0 Å². The van der Waals surface area contributed by atoms with Crippen molar-refractivity contribution in [1.29, 1.82) is 0 Å². The molecule has 4 aromatic heterocycles. The van der Waals surface area contributed by atoms with Crippen LogP contribution in [0.15, 0.2) is 291 Å². The van der Waals surface area contributed by atoms with Gasteiger partial charge in [-0.25, -0.2) is 29.9 Å². The van der Waals surface area contributed by atoms with E-state index in [9.17, 15) is 0 Å². The Kier molecular flexibility index (Phi) is 10.8. The summed E-state index contributed by atoms with van der Waals surface area (Å²) in [5.41, 5.74) is 16.8. The van der Waals surface area contributed by atoms with Crippen molar-refractivity contribution in [1.82, 2.24) is 39.0 Å². The van der Waals surface area contributed by atoms with Crippen LogP contribution < -0.4 is 20.7 Å². The highest BCUT2D eigenvalue weighted by Gasteiger charge is 2.57. The van der Waals surface area contributed by atoms with Crippen molar-refractivity contribution in [2.24, 2.45) is 0 Å². The first-order chi connectivity index (χ1) is 43.2. The maximum absolute atomic E-state index is 5.52. The van der Waals surface area contributed by atoms with Crippen molar-refractivity contribution in [3.8, 4) is 102 Å². The monoisotopic (exact) mass is 1120 g/mol. The normalized spacial score (nSPS) is 12.7. The van der Waals surface area contributed by atoms with Crippen LogP contribution in [0.3, 0.4) is 0 Å². The summed E-state index contributed by atoms with van der Waals surface area (Å²) in [6, 6.07) is 104. The van der Waals surface area contributed by atoms with Crippen molar-refractivity contribution < 1.29 is 0 Å². The SMILES string of the molecule is c1ccc(-c2nc(-c3ccccc3)nc(-c3cccc4c3-c3c(-c5nc(-c6ccccc6)nc(-c6ccccc6)n5)cccc3[Si]43c4cccc(-n5c6ccccc6c6ccccc65)c4-c4c(-n5c6ccccc6c6ccccc65)cccc43)n2)cc1. The van der Waals surface area contributed by atoms with Gasteiger partial charge < -0.3 is 9.13 Å². The van der Waals surface area contributed by atoms with Crippen LogP contribution in [0.25, 0.3) is 146 Å². The molecule has 0 atom stereocenters. The van der Waals surface area contributed by atoms with Crippen LogP contribution in [0, 0.1) is 0 Å². The molecule has 16 aromatic rings. The first-order valence-electron chi connectivity index (χ1n) is 29.5. The molecule has 1 spiro atoms. The number of aromatic nitrogens is 8. The second-order valence-corrected chi connectivity index (χ2v) is 26.1. The number of hydrogen-bond donors (Lipinski definition) is 0. The number of para-hydroxylation sites is 4. The Hall–Kier alpha value is -11.5. The summed E-state index contributed by atoms with van der Waals surface area (Å²) in [5.74, 6) is 3.53. The van der Waals surface area contributed by atoms with Crippen molar-refractivity contribution in [2.45, 2.75) is 0 Å². The van der Waals surface area contributed by atoms with Gasteiger partial charge in [0, 0.05) is 66.1 Å². The fraction of sp³-hybridized carbons (Fsp3) is 0.